The molecule has 1 fully saturated rings. The van der Waals surface area contributed by atoms with Gasteiger partial charge < -0.3 is 64.2 Å². The minimum absolute atomic E-state index is 0.0386. The molecule has 0 spiro atoms. The van der Waals surface area contributed by atoms with Crippen molar-refractivity contribution in [3.05, 3.63) is 35.9 Å². The summed E-state index contributed by atoms with van der Waals surface area (Å²) in [6.07, 6.45) is -1.80. The summed E-state index contributed by atoms with van der Waals surface area (Å²) < 4.78 is 0. The summed E-state index contributed by atoms with van der Waals surface area (Å²) in [6.45, 7) is 8.96. The molecule has 9 amide bonds. The lowest BCUT2D eigenvalue weighted by Crippen LogP contribution is -2.62. The first-order valence-corrected chi connectivity index (χ1v) is 22.1. The Labute approximate surface area is 383 Å². The molecule has 9 unspecified atom stereocenters. The number of amides is 9. The van der Waals surface area contributed by atoms with E-state index in [9.17, 15) is 58.2 Å². The molecule has 1 aliphatic rings. The van der Waals surface area contributed by atoms with Gasteiger partial charge in [0.2, 0.25) is 53.2 Å². The number of aliphatic hydroxyl groups is 1. The third kappa shape index (κ3) is 19.9. The fourth-order valence-electron chi connectivity index (χ4n) is 6.81. The van der Waals surface area contributed by atoms with Gasteiger partial charge in [-0.25, -0.2) is 4.79 Å². The van der Waals surface area contributed by atoms with Crippen LogP contribution in [0, 0.1) is 11.8 Å². The molecular formula is C42H66N10O12S. The highest BCUT2D eigenvalue weighted by molar-refractivity contribution is 7.80. The van der Waals surface area contributed by atoms with E-state index in [4.69, 9.17) is 11.5 Å². The van der Waals surface area contributed by atoms with Gasteiger partial charge in [0.15, 0.2) is 0 Å². The van der Waals surface area contributed by atoms with E-state index in [0.29, 0.717) is 18.5 Å². The Kier molecular flexibility index (Phi) is 23.4. The van der Waals surface area contributed by atoms with Gasteiger partial charge in [-0.15, -0.1) is 0 Å². The summed E-state index contributed by atoms with van der Waals surface area (Å²) >= 11 is 3.95. The van der Waals surface area contributed by atoms with Gasteiger partial charge in [0.05, 0.1) is 18.6 Å². The third-order valence-electron chi connectivity index (χ3n) is 10.2. The number of benzene rings is 1. The average Bonchev–Trinajstić information content (AvgIpc) is 3.77. The second-order valence-corrected chi connectivity index (χ2v) is 17.3. The molecule has 0 saturated carbocycles. The Morgan fingerprint density at radius 2 is 1.15 bits per heavy atom. The van der Waals surface area contributed by atoms with Crippen LogP contribution in [0.5, 0.6) is 0 Å². The lowest BCUT2D eigenvalue weighted by Gasteiger charge is -2.29. The summed E-state index contributed by atoms with van der Waals surface area (Å²) in [5.74, 6) is -9.96. The number of nitrogens with two attached hydrogens (primary N) is 2. The number of carbonyl (C=O) groups excluding carboxylic acids is 9. The van der Waals surface area contributed by atoms with Crippen molar-refractivity contribution in [2.24, 2.45) is 23.3 Å². The maximum absolute atomic E-state index is 14.0. The van der Waals surface area contributed by atoms with Gasteiger partial charge in [0, 0.05) is 18.6 Å². The fourth-order valence-corrected chi connectivity index (χ4v) is 7.05. The first-order valence-electron chi connectivity index (χ1n) is 21.5. The molecule has 1 aromatic carbocycles. The molecule has 0 bridgehead atoms. The Hall–Kier alpha value is -5.81. The molecule has 23 heteroatoms. The van der Waals surface area contributed by atoms with Crippen molar-refractivity contribution in [2.45, 2.75) is 140 Å². The van der Waals surface area contributed by atoms with Crippen LogP contribution in [-0.2, 0) is 54.4 Å². The molecule has 1 saturated heterocycles. The van der Waals surface area contributed by atoms with Crippen molar-refractivity contribution < 1.29 is 58.2 Å². The van der Waals surface area contributed by atoms with Gasteiger partial charge in [-0.05, 0) is 63.0 Å². The first-order chi connectivity index (χ1) is 30.5. The molecule has 22 nitrogen and oxygen atoms in total. The van der Waals surface area contributed by atoms with Crippen molar-refractivity contribution >= 4 is 71.8 Å². The number of aliphatic carboxylic acids is 1. The minimum atomic E-state index is -1.77. The maximum atomic E-state index is 14.0. The van der Waals surface area contributed by atoms with E-state index >= 15 is 0 Å². The van der Waals surface area contributed by atoms with Crippen LogP contribution in [0.2, 0.25) is 0 Å². The molecule has 65 heavy (non-hydrogen) atoms. The molecule has 0 aliphatic carbocycles. The third-order valence-corrected chi connectivity index (χ3v) is 10.5. The second kappa shape index (κ2) is 27.5. The first kappa shape index (κ1) is 55.3. The molecule has 14 N–H and O–H groups in total. The predicted molar refractivity (Wildman–Crippen MR) is 239 cm³/mol. The Morgan fingerprint density at radius 3 is 1.65 bits per heavy atom. The standard InChI is InChI=1S/C42H66N10O12S/c1-21(2)16-27(47-35(56)25-12-9-15-45-25)37(58)46-26(13-14-32(43)54)36(57)49-30(19-33(44)55)39(60)48-29(18-24-10-7-6-8-11-24)40(61)52-34(23(5)53)41(62)50-28(17-22(3)4)38(59)51-31(20-65)42(63)64/h6-8,10-11,21-23,25-31,34,45,53,65H,9,12-20H2,1-5H3,(H2,43,54)(H2,44,55)(H,46,58)(H,47,56)(H,48,60)(H,49,57)(H,50,62)(H,51,59)(H,52,61)(H,63,64). The summed E-state index contributed by atoms with van der Waals surface area (Å²) in [5.41, 5.74) is 11.3. The van der Waals surface area contributed by atoms with Crippen molar-refractivity contribution in [3.8, 4) is 0 Å². The normalized spacial score (nSPS) is 17.2. The lowest BCUT2D eigenvalue weighted by molar-refractivity contribution is -0.142. The summed E-state index contributed by atoms with van der Waals surface area (Å²) in [4.78, 5) is 131. The fraction of sp³-hybridized carbons (Fsp3) is 0.619. The highest BCUT2D eigenvalue weighted by atomic mass is 32.1. The van der Waals surface area contributed by atoms with Gasteiger partial charge in [-0.3, -0.25) is 43.2 Å². The molecule has 1 heterocycles. The summed E-state index contributed by atoms with van der Waals surface area (Å²) in [6, 6.07) is -2.59. The van der Waals surface area contributed by atoms with Crippen LogP contribution < -0.4 is 54.0 Å². The molecule has 1 aromatic rings. The topological polar surface area (TPSA) is 359 Å². The van der Waals surface area contributed by atoms with Gasteiger partial charge in [-0.1, -0.05) is 58.0 Å². The van der Waals surface area contributed by atoms with Gasteiger partial charge in [0.1, 0.15) is 42.3 Å². The van der Waals surface area contributed by atoms with Crippen LogP contribution in [0.3, 0.4) is 0 Å². The molecule has 1 aliphatic heterocycles. The van der Waals surface area contributed by atoms with Gasteiger partial charge in [-0.2, -0.15) is 12.6 Å². The monoisotopic (exact) mass is 934 g/mol. The van der Waals surface area contributed by atoms with E-state index in [-0.39, 0.29) is 43.3 Å². The Bertz CT molecular complexity index is 1830. The largest absolute Gasteiger partial charge is 0.480 e. The van der Waals surface area contributed by atoms with E-state index in [0.717, 1.165) is 6.42 Å². The minimum Gasteiger partial charge on any atom is -0.480 e. The number of carboxylic acids is 1. The van der Waals surface area contributed by atoms with E-state index in [1.165, 1.54) is 6.92 Å². The maximum Gasteiger partial charge on any atom is 0.327 e. The summed E-state index contributed by atoms with van der Waals surface area (Å²) in [7, 11) is 0. The molecular weight excluding hydrogens is 869 g/mol. The number of rotatable bonds is 28. The van der Waals surface area contributed by atoms with Crippen LogP contribution in [0.15, 0.2) is 30.3 Å². The van der Waals surface area contributed by atoms with Crippen molar-refractivity contribution in [3.63, 3.8) is 0 Å². The van der Waals surface area contributed by atoms with Crippen LogP contribution in [0.1, 0.15) is 85.1 Å². The zero-order valence-corrected chi connectivity index (χ0v) is 38.3. The Balaban J connectivity index is 2.41. The summed E-state index contributed by atoms with van der Waals surface area (Å²) in [5, 5.41) is 40.4. The zero-order chi connectivity index (χ0) is 49.0. The number of hydrogen-bond donors (Lipinski definition) is 13. The quantitative estimate of drug-likeness (QED) is 0.0373. The molecule has 362 valence electrons. The zero-order valence-electron chi connectivity index (χ0n) is 37.4. The molecule has 0 aromatic heterocycles. The number of hydrogen-bond acceptors (Lipinski definition) is 13. The number of aliphatic hydroxyl groups excluding tert-OH is 1. The van der Waals surface area contributed by atoms with E-state index in [2.05, 4.69) is 55.2 Å². The van der Waals surface area contributed by atoms with Crippen molar-refractivity contribution in [1.29, 1.82) is 0 Å². The highest BCUT2D eigenvalue weighted by Crippen LogP contribution is 2.12. The van der Waals surface area contributed by atoms with E-state index < -0.39 is 126 Å². The number of nitrogens with one attached hydrogen (secondary N) is 8. The Morgan fingerprint density at radius 1 is 0.662 bits per heavy atom. The van der Waals surface area contributed by atoms with Gasteiger partial charge >= 0.3 is 5.97 Å². The van der Waals surface area contributed by atoms with Crippen LogP contribution in [0.25, 0.3) is 0 Å². The smallest absolute Gasteiger partial charge is 0.327 e. The number of thiol groups is 1. The van der Waals surface area contributed by atoms with Gasteiger partial charge in [0.25, 0.3) is 0 Å². The predicted octanol–water partition coefficient (Wildman–Crippen LogP) is -3.00. The average molecular weight is 935 g/mol. The van der Waals surface area contributed by atoms with Crippen molar-refractivity contribution in [2.75, 3.05) is 12.3 Å². The van der Waals surface area contributed by atoms with Crippen LogP contribution in [-0.4, -0.2) is 136 Å². The highest BCUT2D eigenvalue weighted by Gasteiger charge is 2.36. The van der Waals surface area contributed by atoms with Crippen LogP contribution >= 0.6 is 12.6 Å². The number of carboxylic acid groups (broad SMARTS) is 1. The SMILES string of the molecule is CC(C)CC(NC(=O)C1CCCN1)C(=O)NC(CCC(N)=O)C(=O)NC(CC(N)=O)C(=O)NC(Cc1ccccc1)C(=O)NC(C(=O)NC(CC(C)C)C(=O)NC(CS)C(=O)O)C(C)O. The lowest BCUT2D eigenvalue weighted by atomic mass is 10.0. The van der Waals surface area contributed by atoms with E-state index in [1.54, 1.807) is 44.2 Å². The van der Waals surface area contributed by atoms with Crippen molar-refractivity contribution in [1.82, 2.24) is 42.5 Å². The van der Waals surface area contributed by atoms with Crippen LogP contribution in [0.4, 0.5) is 0 Å². The van der Waals surface area contributed by atoms with E-state index in [1.807, 2.05) is 13.8 Å². The molecule has 9 atom stereocenters. The number of primary amides is 2. The molecule has 0 radical (unpaired) electrons. The second-order valence-electron chi connectivity index (χ2n) is 16.9. The number of carbonyl (C=O) groups is 10. The molecule has 2 rings (SSSR count).